The summed E-state index contributed by atoms with van der Waals surface area (Å²) in [7, 11) is 0. The fourth-order valence-corrected chi connectivity index (χ4v) is 3.37. The lowest BCUT2D eigenvalue weighted by atomic mass is 9.84. The lowest BCUT2D eigenvalue weighted by Gasteiger charge is -2.24. The van der Waals surface area contributed by atoms with Gasteiger partial charge in [-0.05, 0) is 42.2 Å². The highest BCUT2D eigenvalue weighted by Gasteiger charge is 2.28. The molecule has 1 amide bonds. The number of amides is 1. The van der Waals surface area contributed by atoms with Crippen LogP contribution in [0.5, 0.6) is 5.75 Å². The van der Waals surface area contributed by atoms with E-state index in [0.717, 1.165) is 27.8 Å². The van der Waals surface area contributed by atoms with E-state index in [1.165, 1.54) is 0 Å². The van der Waals surface area contributed by atoms with E-state index in [4.69, 9.17) is 16.3 Å². The number of carbonyl (C=O) groups is 1. The second-order valence-electron chi connectivity index (χ2n) is 8.50. The zero-order chi connectivity index (χ0) is 21.0. The summed E-state index contributed by atoms with van der Waals surface area (Å²) in [5, 5.41) is 5.80. The first kappa shape index (κ1) is 21.2. The molecular formula is C25H28ClNO2. The molecule has 0 aliphatic rings. The van der Waals surface area contributed by atoms with Crippen molar-refractivity contribution in [3.05, 3.63) is 71.2 Å². The maximum atomic E-state index is 13.1. The van der Waals surface area contributed by atoms with Gasteiger partial charge in [0.05, 0.1) is 6.61 Å². The van der Waals surface area contributed by atoms with Crippen LogP contribution in [0.15, 0.2) is 60.7 Å². The van der Waals surface area contributed by atoms with Crippen molar-refractivity contribution in [2.45, 2.75) is 34.1 Å². The van der Waals surface area contributed by atoms with Gasteiger partial charge in [-0.1, -0.05) is 75.7 Å². The number of hydrogen-bond donors (Lipinski definition) is 1. The fraction of sp³-hybridized carbons (Fsp3) is 0.320. The van der Waals surface area contributed by atoms with Crippen LogP contribution in [0, 0.1) is 11.3 Å². The predicted octanol–water partition coefficient (Wildman–Crippen LogP) is 6.74. The van der Waals surface area contributed by atoms with Crippen LogP contribution in [0.1, 0.15) is 33.3 Å². The summed E-state index contributed by atoms with van der Waals surface area (Å²) in [5.74, 6) is 1.27. The van der Waals surface area contributed by atoms with Gasteiger partial charge in [-0.15, -0.1) is 0 Å². The van der Waals surface area contributed by atoms with Crippen molar-refractivity contribution >= 4 is 34.0 Å². The zero-order valence-electron chi connectivity index (χ0n) is 17.5. The van der Waals surface area contributed by atoms with E-state index in [1.807, 2.05) is 74.5 Å². The van der Waals surface area contributed by atoms with E-state index in [2.05, 4.69) is 19.2 Å². The van der Waals surface area contributed by atoms with E-state index < -0.39 is 5.41 Å². The van der Waals surface area contributed by atoms with Crippen molar-refractivity contribution in [3.63, 3.8) is 0 Å². The summed E-state index contributed by atoms with van der Waals surface area (Å²) < 4.78 is 5.97. The first-order valence-electron chi connectivity index (χ1n) is 9.97. The van der Waals surface area contributed by atoms with E-state index in [0.29, 0.717) is 24.0 Å². The summed E-state index contributed by atoms with van der Waals surface area (Å²) in [6.45, 7) is 8.82. The molecule has 0 saturated carbocycles. The van der Waals surface area contributed by atoms with Crippen LogP contribution in [0.25, 0.3) is 10.8 Å². The van der Waals surface area contributed by atoms with Crippen LogP contribution in [-0.4, -0.2) is 12.5 Å². The van der Waals surface area contributed by atoms with Gasteiger partial charge in [0.25, 0.3) is 0 Å². The minimum Gasteiger partial charge on any atom is -0.493 e. The first-order valence-corrected chi connectivity index (χ1v) is 10.3. The number of anilines is 1. The van der Waals surface area contributed by atoms with E-state index in [9.17, 15) is 4.79 Å². The molecule has 0 atom stereocenters. The molecule has 0 heterocycles. The Morgan fingerprint density at radius 3 is 2.31 bits per heavy atom. The number of hydrogen-bond acceptors (Lipinski definition) is 2. The van der Waals surface area contributed by atoms with E-state index in [-0.39, 0.29) is 5.91 Å². The Morgan fingerprint density at radius 2 is 1.66 bits per heavy atom. The Balaban J connectivity index is 1.82. The van der Waals surface area contributed by atoms with E-state index >= 15 is 0 Å². The van der Waals surface area contributed by atoms with Crippen molar-refractivity contribution in [1.29, 1.82) is 0 Å². The Morgan fingerprint density at radius 1 is 1.00 bits per heavy atom. The predicted molar refractivity (Wildman–Crippen MR) is 122 cm³/mol. The molecule has 3 nitrogen and oxygen atoms in total. The van der Waals surface area contributed by atoms with Crippen LogP contribution in [-0.2, 0) is 11.2 Å². The third kappa shape index (κ3) is 5.30. The monoisotopic (exact) mass is 409 g/mol. The molecule has 0 saturated heterocycles. The van der Waals surface area contributed by atoms with Gasteiger partial charge in [-0.3, -0.25) is 4.79 Å². The van der Waals surface area contributed by atoms with Crippen LogP contribution in [0.3, 0.4) is 0 Å². The molecule has 29 heavy (non-hydrogen) atoms. The SMILES string of the molecule is CC(C)COc1ccc(NC(=O)C(C)(C)Cc2ccc(Cl)cc2)c2ccccc12. The smallest absolute Gasteiger partial charge is 0.230 e. The third-order valence-corrected chi connectivity index (χ3v) is 5.13. The van der Waals surface area contributed by atoms with Gasteiger partial charge < -0.3 is 10.1 Å². The zero-order valence-corrected chi connectivity index (χ0v) is 18.2. The van der Waals surface area contributed by atoms with Crippen LogP contribution < -0.4 is 10.1 Å². The summed E-state index contributed by atoms with van der Waals surface area (Å²) in [5.41, 5.74) is 1.31. The largest absolute Gasteiger partial charge is 0.493 e. The number of halogens is 1. The highest BCUT2D eigenvalue weighted by molar-refractivity contribution is 6.30. The average Bonchev–Trinajstić information content (AvgIpc) is 2.68. The molecule has 0 aromatic heterocycles. The molecule has 0 unspecified atom stereocenters. The van der Waals surface area contributed by atoms with Crippen molar-refractivity contribution in [2.75, 3.05) is 11.9 Å². The number of benzene rings is 3. The lowest BCUT2D eigenvalue weighted by molar-refractivity contribution is -0.123. The maximum Gasteiger partial charge on any atom is 0.230 e. The van der Waals surface area contributed by atoms with Gasteiger partial charge in [0.1, 0.15) is 5.75 Å². The normalized spacial score (nSPS) is 11.7. The van der Waals surface area contributed by atoms with Gasteiger partial charge in [-0.25, -0.2) is 0 Å². The summed E-state index contributed by atoms with van der Waals surface area (Å²) in [6.07, 6.45) is 0.628. The molecular weight excluding hydrogens is 382 g/mol. The van der Waals surface area contributed by atoms with Gasteiger partial charge in [0.2, 0.25) is 5.91 Å². The Hall–Kier alpha value is -2.52. The van der Waals surface area contributed by atoms with Crippen molar-refractivity contribution in [2.24, 2.45) is 11.3 Å². The minimum atomic E-state index is -0.568. The first-order chi connectivity index (χ1) is 13.8. The molecule has 0 radical (unpaired) electrons. The Kier molecular flexibility index (Phi) is 6.49. The molecule has 1 N–H and O–H groups in total. The molecule has 0 spiro atoms. The van der Waals surface area contributed by atoms with Gasteiger partial charge in [-0.2, -0.15) is 0 Å². The molecule has 152 valence electrons. The third-order valence-electron chi connectivity index (χ3n) is 4.88. The average molecular weight is 410 g/mol. The number of carbonyl (C=O) groups excluding carboxylic acids is 1. The second-order valence-corrected chi connectivity index (χ2v) is 8.94. The number of rotatable bonds is 7. The van der Waals surface area contributed by atoms with Crippen LogP contribution >= 0.6 is 11.6 Å². The fourth-order valence-electron chi connectivity index (χ4n) is 3.25. The highest BCUT2D eigenvalue weighted by atomic mass is 35.5. The maximum absolute atomic E-state index is 13.1. The Bertz CT molecular complexity index is 993. The van der Waals surface area contributed by atoms with Crippen LogP contribution in [0.4, 0.5) is 5.69 Å². The van der Waals surface area contributed by atoms with E-state index in [1.54, 1.807) is 0 Å². The van der Waals surface area contributed by atoms with Gasteiger partial charge >= 0.3 is 0 Å². The number of ether oxygens (including phenoxy) is 1. The lowest BCUT2D eigenvalue weighted by Crippen LogP contribution is -2.32. The topological polar surface area (TPSA) is 38.3 Å². The highest BCUT2D eigenvalue weighted by Crippen LogP contribution is 2.33. The van der Waals surface area contributed by atoms with Crippen molar-refractivity contribution in [1.82, 2.24) is 0 Å². The van der Waals surface area contributed by atoms with Gasteiger partial charge in [0.15, 0.2) is 0 Å². The summed E-state index contributed by atoms with van der Waals surface area (Å²) in [6, 6.07) is 19.5. The van der Waals surface area contributed by atoms with Crippen molar-refractivity contribution < 1.29 is 9.53 Å². The number of nitrogens with one attached hydrogen (secondary N) is 1. The molecule has 0 fully saturated rings. The molecule has 0 aliphatic heterocycles. The molecule has 3 aromatic rings. The summed E-state index contributed by atoms with van der Waals surface area (Å²) >= 11 is 5.97. The minimum absolute atomic E-state index is 0.0200. The summed E-state index contributed by atoms with van der Waals surface area (Å²) in [4.78, 5) is 13.1. The molecule has 3 aromatic carbocycles. The quantitative estimate of drug-likeness (QED) is 0.469. The molecule has 4 heteroatoms. The molecule has 0 aliphatic carbocycles. The van der Waals surface area contributed by atoms with Crippen LogP contribution in [0.2, 0.25) is 5.02 Å². The number of fused-ring (bicyclic) bond motifs is 1. The Labute approximate surface area is 178 Å². The standard InChI is InChI=1S/C25H28ClNO2/c1-17(2)16-29-23-14-13-22(20-7-5-6-8-21(20)23)27-24(28)25(3,4)15-18-9-11-19(26)12-10-18/h5-14,17H,15-16H2,1-4H3,(H,27,28). The molecule has 0 bridgehead atoms. The van der Waals surface area contributed by atoms with Gasteiger partial charge in [0, 0.05) is 26.9 Å². The molecule has 3 rings (SSSR count). The van der Waals surface area contributed by atoms with Crippen molar-refractivity contribution in [3.8, 4) is 5.75 Å². The second kappa shape index (κ2) is 8.87.